The number of nitrogens with zero attached hydrogens (tertiary/aromatic N) is 2. The van der Waals surface area contributed by atoms with E-state index in [9.17, 15) is 9.59 Å². The van der Waals surface area contributed by atoms with Crippen LogP contribution < -0.4 is 10.9 Å². The van der Waals surface area contributed by atoms with E-state index in [1.54, 1.807) is 0 Å². The number of benzene rings is 1. The van der Waals surface area contributed by atoms with Gasteiger partial charge in [0.2, 0.25) is 5.91 Å². The Kier molecular flexibility index (Phi) is 4.42. The maximum absolute atomic E-state index is 12.0. The van der Waals surface area contributed by atoms with Crippen LogP contribution in [0.3, 0.4) is 0 Å². The molecule has 0 bridgehead atoms. The van der Waals surface area contributed by atoms with E-state index in [1.807, 2.05) is 37.3 Å². The lowest BCUT2D eigenvalue weighted by atomic mass is 10.1. The van der Waals surface area contributed by atoms with Crippen molar-refractivity contribution in [3.05, 3.63) is 52.6 Å². The minimum absolute atomic E-state index is 0.0786. The number of thioether (sulfide) groups is 1. The van der Waals surface area contributed by atoms with Crippen LogP contribution in [0.1, 0.15) is 18.5 Å². The minimum atomic E-state index is -0.298. The number of rotatable bonds is 5. The molecule has 8 heteroatoms. The van der Waals surface area contributed by atoms with Crippen molar-refractivity contribution in [1.82, 2.24) is 25.3 Å². The number of hydrogen-bond acceptors (Lipinski definition) is 5. The quantitative estimate of drug-likeness (QED) is 0.487. The number of amides is 1. The van der Waals surface area contributed by atoms with E-state index < -0.39 is 0 Å². The fourth-order valence-electron chi connectivity index (χ4n) is 2.13. The SMILES string of the molecule is CC(NC(=O)CSc1nc2nc[nH]c2c(=O)[nH]1)c1ccccc1. The van der Waals surface area contributed by atoms with Gasteiger partial charge in [0.25, 0.3) is 5.56 Å². The molecule has 118 valence electrons. The monoisotopic (exact) mass is 329 g/mol. The average Bonchev–Trinajstić information content (AvgIpc) is 3.03. The molecule has 7 nitrogen and oxygen atoms in total. The van der Waals surface area contributed by atoms with Crippen LogP contribution in [-0.4, -0.2) is 31.6 Å². The topological polar surface area (TPSA) is 104 Å². The standard InChI is InChI=1S/C15H15N5O2S/c1-9(10-5-3-2-4-6-10)18-11(21)7-23-15-19-13-12(14(22)20-15)16-8-17-13/h2-6,8-9H,7H2,1H3,(H,18,21)(H2,16,17,19,20,22). The number of aromatic amines is 2. The maximum atomic E-state index is 12.0. The average molecular weight is 329 g/mol. The van der Waals surface area contributed by atoms with Crippen LogP contribution in [0.25, 0.3) is 11.2 Å². The molecule has 2 aromatic heterocycles. The van der Waals surface area contributed by atoms with Gasteiger partial charge in [-0.25, -0.2) is 9.97 Å². The molecule has 1 unspecified atom stereocenters. The van der Waals surface area contributed by atoms with Crippen molar-refractivity contribution in [3.63, 3.8) is 0 Å². The van der Waals surface area contributed by atoms with Crippen LogP contribution in [0.15, 0.2) is 46.6 Å². The Morgan fingerprint density at radius 3 is 2.91 bits per heavy atom. The fourth-order valence-corrected chi connectivity index (χ4v) is 2.80. The number of aromatic nitrogens is 4. The van der Waals surface area contributed by atoms with Gasteiger partial charge in [-0.3, -0.25) is 14.6 Å². The van der Waals surface area contributed by atoms with Crippen LogP contribution in [0, 0.1) is 0 Å². The number of fused-ring (bicyclic) bond motifs is 1. The predicted molar refractivity (Wildman–Crippen MR) is 88.2 cm³/mol. The Morgan fingerprint density at radius 1 is 1.35 bits per heavy atom. The highest BCUT2D eigenvalue weighted by Crippen LogP contribution is 2.15. The summed E-state index contributed by atoms with van der Waals surface area (Å²) in [4.78, 5) is 37.3. The third kappa shape index (κ3) is 3.59. The zero-order chi connectivity index (χ0) is 16.2. The smallest absolute Gasteiger partial charge is 0.277 e. The predicted octanol–water partition coefficient (Wildman–Crippen LogP) is 1.62. The molecule has 0 radical (unpaired) electrons. The van der Waals surface area contributed by atoms with Crippen LogP contribution in [0.4, 0.5) is 0 Å². The summed E-state index contributed by atoms with van der Waals surface area (Å²) in [5.74, 6) is 0.0342. The van der Waals surface area contributed by atoms with Crippen molar-refractivity contribution in [2.24, 2.45) is 0 Å². The van der Waals surface area contributed by atoms with Crippen molar-refractivity contribution in [3.8, 4) is 0 Å². The Bertz CT molecular complexity index is 874. The molecule has 3 rings (SSSR count). The molecule has 23 heavy (non-hydrogen) atoms. The molecule has 1 aromatic carbocycles. The largest absolute Gasteiger partial charge is 0.349 e. The first kappa shape index (κ1) is 15.3. The summed E-state index contributed by atoms with van der Waals surface area (Å²) in [5.41, 5.74) is 1.41. The molecule has 0 saturated heterocycles. The van der Waals surface area contributed by atoms with E-state index in [-0.39, 0.29) is 23.3 Å². The zero-order valence-electron chi connectivity index (χ0n) is 12.4. The van der Waals surface area contributed by atoms with E-state index in [2.05, 4.69) is 25.3 Å². The molecule has 1 atom stereocenters. The van der Waals surface area contributed by atoms with Crippen LogP contribution >= 0.6 is 11.8 Å². The third-order valence-electron chi connectivity index (χ3n) is 3.29. The third-order valence-corrected chi connectivity index (χ3v) is 4.16. The van der Waals surface area contributed by atoms with Gasteiger partial charge < -0.3 is 10.3 Å². The number of nitrogens with one attached hydrogen (secondary N) is 3. The van der Waals surface area contributed by atoms with Crippen molar-refractivity contribution >= 4 is 28.8 Å². The molecule has 3 N–H and O–H groups in total. The first-order chi connectivity index (χ1) is 11.1. The summed E-state index contributed by atoms with van der Waals surface area (Å²) in [6.07, 6.45) is 1.41. The molecule has 0 aliphatic heterocycles. The Hall–Kier alpha value is -2.61. The van der Waals surface area contributed by atoms with Crippen molar-refractivity contribution < 1.29 is 4.79 Å². The van der Waals surface area contributed by atoms with Crippen molar-refractivity contribution in [2.75, 3.05) is 5.75 Å². The molecule has 1 amide bonds. The summed E-state index contributed by atoms with van der Waals surface area (Å²) >= 11 is 1.17. The molecule has 0 spiro atoms. The second-order valence-corrected chi connectivity index (χ2v) is 5.92. The molecular formula is C15H15N5O2S. The van der Waals surface area contributed by atoms with Gasteiger partial charge in [0.1, 0.15) is 0 Å². The van der Waals surface area contributed by atoms with Gasteiger partial charge in [-0.1, -0.05) is 42.1 Å². The molecule has 2 heterocycles. The highest BCUT2D eigenvalue weighted by Gasteiger charge is 2.11. The van der Waals surface area contributed by atoms with Gasteiger partial charge in [0.05, 0.1) is 18.1 Å². The van der Waals surface area contributed by atoms with Crippen LogP contribution in [0.5, 0.6) is 0 Å². The Labute approximate surface area is 135 Å². The molecular weight excluding hydrogens is 314 g/mol. The zero-order valence-corrected chi connectivity index (χ0v) is 13.2. The lowest BCUT2D eigenvalue weighted by molar-refractivity contribution is -0.119. The fraction of sp³-hybridized carbons (Fsp3) is 0.200. The van der Waals surface area contributed by atoms with Crippen LogP contribution in [0.2, 0.25) is 0 Å². The van der Waals surface area contributed by atoms with Gasteiger partial charge >= 0.3 is 0 Å². The van der Waals surface area contributed by atoms with Gasteiger partial charge in [-0.2, -0.15) is 0 Å². The van der Waals surface area contributed by atoms with Crippen molar-refractivity contribution in [2.45, 2.75) is 18.1 Å². The van der Waals surface area contributed by atoms with Gasteiger partial charge in [0, 0.05) is 0 Å². The molecule has 0 fully saturated rings. The van der Waals surface area contributed by atoms with E-state index in [0.29, 0.717) is 16.3 Å². The molecule has 3 aromatic rings. The first-order valence-corrected chi connectivity index (χ1v) is 8.02. The van der Waals surface area contributed by atoms with Crippen LogP contribution in [-0.2, 0) is 4.79 Å². The summed E-state index contributed by atoms with van der Waals surface area (Å²) in [6, 6.07) is 9.64. The van der Waals surface area contributed by atoms with Gasteiger partial charge in [-0.15, -0.1) is 0 Å². The Morgan fingerprint density at radius 2 is 2.13 bits per heavy atom. The number of carbonyl (C=O) groups is 1. The number of imidazole rings is 1. The second-order valence-electron chi connectivity index (χ2n) is 4.96. The molecule has 0 aliphatic carbocycles. The van der Waals surface area contributed by atoms with Crippen molar-refractivity contribution in [1.29, 1.82) is 0 Å². The lowest BCUT2D eigenvalue weighted by Crippen LogP contribution is -2.28. The van der Waals surface area contributed by atoms with E-state index >= 15 is 0 Å². The van der Waals surface area contributed by atoms with E-state index in [4.69, 9.17) is 0 Å². The number of H-pyrrole nitrogens is 2. The van der Waals surface area contributed by atoms with E-state index in [0.717, 1.165) is 5.56 Å². The van der Waals surface area contributed by atoms with E-state index in [1.165, 1.54) is 18.1 Å². The molecule has 0 aliphatic rings. The van der Waals surface area contributed by atoms with Gasteiger partial charge in [0.15, 0.2) is 16.3 Å². The van der Waals surface area contributed by atoms with Gasteiger partial charge in [-0.05, 0) is 12.5 Å². The number of hydrogen-bond donors (Lipinski definition) is 3. The maximum Gasteiger partial charge on any atom is 0.277 e. The first-order valence-electron chi connectivity index (χ1n) is 7.04. The highest BCUT2D eigenvalue weighted by atomic mass is 32.2. The number of carbonyl (C=O) groups excluding carboxylic acids is 1. The lowest BCUT2D eigenvalue weighted by Gasteiger charge is -2.13. The summed E-state index contributed by atoms with van der Waals surface area (Å²) < 4.78 is 0. The summed E-state index contributed by atoms with van der Waals surface area (Å²) in [6.45, 7) is 1.92. The Balaban J connectivity index is 1.61. The highest BCUT2D eigenvalue weighted by molar-refractivity contribution is 7.99. The normalized spacial score (nSPS) is 12.2. The summed E-state index contributed by atoms with van der Waals surface area (Å²) in [7, 11) is 0. The minimum Gasteiger partial charge on any atom is -0.349 e. The molecule has 0 saturated carbocycles. The summed E-state index contributed by atoms with van der Waals surface area (Å²) in [5, 5.41) is 3.28. The second kappa shape index (κ2) is 6.66.